The van der Waals surface area contributed by atoms with E-state index in [2.05, 4.69) is 4.72 Å². The predicted molar refractivity (Wildman–Crippen MR) is 72.7 cm³/mol. The molecule has 8 heteroatoms. The highest BCUT2D eigenvalue weighted by molar-refractivity contribution is 7.92. The first-order valence-electron chi connectivity index (χ1n) is 5.61. The van der Waals surface area contributed by atoms with Crippen LogP contribution in [0.4, 0.5) is 20.2 Å². The number of nitriles is 1. The van der Waals surface area contributed by atoms with E-state index in [-0.39, 0.29) is 16.9 Å². The van der Waals surface area contributed by atoms with Crippen molar-refractivity contribution in [1.82, 2.24) is 0 Å². The maximum Gasteiger partial charge on any atom is 0.264 e. The van der Waals surface area contributed by atoms with Crippen molar-refractivity contribution in [1.29, 1.82) is 5.26 Å². The predicted octanol–water partition coefficient (Wildman–Crippen LogP) is 2.22. The summed E-state index contributed by atoms with van der Waals surface area (Å²) in [6, 6.07) is 7.53. The molecule has 0 unspecified atom stereocenters. The molecule has 21 heavy (non-hydrogen) atoms. The Hall–Kier alpha value is -2.66. The molecule has 0 heterocycles. The third kappa shape index (κ3) is 3.09. The number of nitrogens with zero attached hydrogens (tertiary/aromatic N) is 1. The number of anilines is 2. The number of benzene rings is 2. The van der Waals surface area contributed by atoms with Gasteiger partial charge in [-0.25, -0.2) is 17.2 Å². The van der Waals surface area contributed by atoms with Crippen LogP contribution in [0.3, 0.4) is 0 Å². The lowest BCUT2D eigenvalue weighted by Gasteiger charge is -2.11. The Kier molecular flexibility index (Phi) is 3.78. The Bertz CT molecular complexity index is 845. The fraction of sp³-hybridized carbons (Fsp3) is 0. The first-order chi connectivity index (χ1) is 9.83. The van der Waals surface area contributed by atoms with E-state index in [4.69, 9.17) is 11.0 Å². The highest BCUT2D eigenvalue weighted by Crippen LogP contribution is 2.24. The number of nitrogens with one attached hydrogen (secondary N) is 1. The van der Waals surface area contributed by atoms with Gasteiger partial charge in [-0.05, 0) is 36.4 Å². The van der Waals surface area contributed by atoms with Crippen molar-refractivity contribution in [2.75, 3.05) is 10.5 Å². The molecule has 2 aromatic carbocycles. The van der Waals surface area contributed by atoms with Crippen LogP contribution in [-0.4, -0.2) is 8.42 Å². The lowest BCUT2D eigenvalue weighted by atomic mass is 10.2. The summed E-state index contributed by atoms with van der Waals surface area (Å²) < 4.78 is 52.6. The third-order valence-corrected chi connectivity index (χ3v) is 4.03. The highest BCUT2D eigenvalue weighted by Gasteiger charge is 2.20. The van der Waals surface area contributed by atoms with Crippen molar-refractivity contribution < 1.29 is 17.2 Å². The van der Waals surface area contributed by atoms with E-state index < -0.39 is 26.6 Å². The highest BCUT2D eigenvalue weighted by atomic mass is 32.2. The lowest BCUT2D eigenvalue weighted by molar-refractivity contribution is 0.595. The quantitative estimate of drug-likeness (QED) is 0.850. The summed E-state index contributed by atoms with van der Waals surface area (Å²) in [6.45, 7) is 0. The molecule has 108 valence electrons. The zero-order valence-electron chi connectivity index (χ0n) is 10.5. The van der Waals surface area contributed by atoms with Gasteiger partial charge in [0.2, 0.25) is 0 Å². The average Bonchev–Trinajstić information content (AvgIpc) is 2.43. The van der Waals surface area contributed by atoms with Crippen LogP contribution in [0.25, 0.3) is 0 Å². The Morgan fingerprint density at radius 1 is 1.10 bits per heavy atom. The van der Waals surface area contributed by atoms with Crippen molar-refractivity contribution >= 4 is 21.4 Å². The molecule has 0 aliphatic carbocycles. The molecular formula is C13H9F2N3O2S. The van der Waals surface area contributed by atoms with Crippen molar-refractivity contribution in [2.45, 2.75) is 4.90 Å². The fourth-order valence-corrected chi connectivity index (χ4v) is 2.86. The van der Waals surface area contributed by atoms with Crippen LogP contribution in [0.5, 0.6) is 0 Å². The first kappa shape index (κ1) is 14.7. The third-order valence-electron chi connectivity index (χ3n) is 2.61. The molecule has 0 aliphatic heterocycles. The van der Waals surface area contributed by atoms with E-state index in [0.29, 0.717) is 0 Å². The number of nitrogen functional groups attached to an aromatic ring is 1. The Balaban J connectivity index is 2.48. The second-order valence-corrected chi connectivity index (χ2v) is 5.74. The summed E-state index contributed by atoms with van der Waals surface area (Å²) in [4.78, 5) is -0.462. The SMILES string of the molecule is N#Cc1cc(F)ccc1NS(=O)(=O)c1cc(F)ccc1N. The standard InChI is InChI=1S/C13H9F2N3O2S/c14-9-2-4-12(8(5-9)7-16)18-21(19,20)13-6-10(15)1-3-11(13)17/h1-6,18H,17H2. The van der Waals surface area contributed by atoms with Crippen molar-refractivity contribution in [3.8, 4) is 6.07 Å². The maximum atomic E-state index is 13.2. The van der Waals surface area contributed by atoms with Crippen LogP contribution in [0.1, 0.15) is 5.56 Å². The van der Waals surface area contributed by atoms with Crippen molar-refractivity contribution in [3.05, 3.63) is 53.6 Å². The molecule has 0 saturated carbocycles. The number of hydrogen-bond donors (Lipinski definition) is 2. The van der Waals surface area contributed by atoms with Crippen LogP contribution < -0.4 is 10.5 Å². The van der Waals surface area contributed by atoms with E-state index in [1.807, 2.05) is 0 Å². The largest absolute Gasteiger partial charge is 0.398 e. The summed E-state index contributed by atoms with van der Waals surface area (Å²) in [5, 5.41) is 8.87. The van der Waals surface area contributed by atoms with Gasteiger partial charge in [-0.15, -0.1) is 0 Å². The molecule has 0 atom stereocenters. The topological polar surface area (TPSA) is 96.0 Å². The van der Waals surface area contributed by atoms with E-state index in [1.54, 1.807) is 6.07 Å². The second-order valence-electron chi connectivity index (χ2n) is 4.09. The van der Waals surface area contributed by atoms with Gasteiger partial charge in [-0.2, -0.15) is 5.26 Å². The minimum atomic E-state index is -4.20. The van der Waals surface area contributed by atoms with Gasteiger partial charge in [0.05, 0.1) is 16.9 Å². The summed E-state index contributed by atoms with van der Waals surface area (Å²) in [5.41, 5.74) is 5.04. The molecular weight excluding hydrogens is 300 g/mol. The van der Waals surface area contributed by atoms with E-state index in [9.17, 15) is 17.2 Å². The van der Waals surface area contributed by atoms with E-state index in [1.165, 1.54) is 0 Å². The molecule has 0 aliphatic rings. The van der Waals surface area contributed by atoms with E-state index >= 15 is 0 Å². The number of halogens is 2. The van der Waals surface area contributed by atoms with Crippen LogP contribution >= 0.6 is 0 Å². The molecule has 2 aromatic rings. The summed E-state index contributed by atoms with van der Waals surface area (Å²) in [6.07, 6.45) is 0. The first-order valence-corrected chi connectivity index (χ1v) is 7.09. The van der Waals surface area contributed by atoms with E-state index in [0.717, 1.165) is 36.4 Å². The Labute approximate surface area is 119 Å². The van der Waals surface area contributed by atoms with Crippen LogP contribution in [0.2, 0.25) is 0 Å². The molecule has 0 bridgehead atoms. The number of nitrogens with two attached hydrogens (primary N) is 1. The van der Waals surface area contributed by atoms with Crippen molar-refractivity contribution in [3.63, 3.8) is 0 Å². The van der Waals surface area contributed by atoms with Crippen LogP contribution in [0, 0.1) is 23.0 Å². The summed E-state index contributed by atoms with van der Waals surface area (Å²) in [7, 11) is -4.20. The van der Waals surface area contributed by atoms with Gasteiger partial charge in [0.15, 0.2) is 0 Å². The molecule has 0 saturated heterocycles. The summed E-state index contributed by atoms with van der Waals surface area (Å²) >= 11 is 0. The lowest BCUT2D eigenvalue weighted by Crippen LogP contribution is -2.16. The van der Waals surface area contributed by atoms with Crippen molar-refractivity contribution in [2.24, 2.45) is 0 Å². The van der Waals surface area contributed by atoms with Crippen LogP contribution in [-0.2, 0) is 10.0 Å². The molecule has 2 rings (SSSR count). The normalized spacial score (nSPS) is 10.9. The van der Waals surface area contributed by atoms with Gasteiger partial charge in [0, 0.05) is 0 Å². The van der Waals surface area contributed by atoms with Gasteiger partial charge in [-0.3, -0.25) is 4.72 Å². The van der Waals surface area contributed by atoms with Crippen LogP contribution in [0.15, 0.2) is 41.3 Å². The van der Waals surface area contributed by atoms with Gasteiger partial charge in [0.1, 0.15) is 22.6 Å². The van der Waals surface area contributed by atoms with Gasteiger partial charge >= 0.3 is 0 Å². The smallest absolute Gasteiger partial charge is 0.264 e. The Morgan fingerprint density at radius 3 is 2.38 bits per heavy atom. The molecule has 0 spiro atoms. The second kappa shape index (κ2) is 5.38. The van der Waals surface area contributed by atoms with Gasteiger partial charge in [0.25, 0.3) is 10.0 Å². The molecule has 0 radical (unpaired) electrons. The van der Waals surface area contributed by atoms with Gasteiger partial charge in [-0.1, -0.05) is 0 Å². The molecule has 0 fully saturated rings. The summed E-state index contributed by atoms with van der Waals surface area (Å²) in [5.74, 6) is -1.45. The minimum Gasteiger partial charge on any atom is -0.398 e. The zero-order chi connectivity index (χ0) is 15.6. The van der Waals surface area contributed by atoms with Gasteiger partial charge < -0.3 is 5.73 Å². The number of sulfonamides is 1. The fourth-order valence-electron chi connectivity index (χ4n) is 1.64. The zero-order valence-corrected chi connectivity index (χ0v) is 11.3. The number of rotatable bonds is 3. The Morgan fingerprint density at radius 2 is 1.71 bits per heavy atom. The molecule has 5 nitrogen and oxygen atoms in total. The number of hydrogen-bond acceptors (Lipinski definition) is 4. The maximum absolute atomic E-state index is 13.2. The molecule has 0 aromatic heterocycles. The average molecular weight is 309 g/mol. The molecule has 0 amide bonds. The monoisotopic (exact) mass is 309 g/mol. The molecule has 3 N–H and O–H groups in total. The minimum absolute atomic E-state index is 0.123.